The highest BCUT2D eigenvalue weighted by molar-refractivity contribution is 7.80. The van der Waals surface area contributed by atoms with Crippen molar-refractivity contribution in [1.82, 2.24) is 10.3 Å². The Bertz CT molecular complexity index is 1730. The number of fused-ring (bicyclic) bond motifs is 1. The number of hydrogen-bond donors (Lipinski definition) is 2. The molecule has 0 aliphatic rings. The Kier molecular flexibility index (Phi) is 7.28. The van der Waals surface area contributed by atoms with Gasteiger partial charge in [-0.2, -0.15) is 0 Å². The lowest BCUT2D eigenvalue weighted by Gasteiger charge is -2.07. The van der Waals surface area contributed by atoms with Gasteiger partial charge in [0.15, 0.2) is 10.7 Å². The van der Waals surface area contributed by atoms with Crippen LogP contribution in [-0.4, -0.2) is 16.0 Å². The van der Waals surface area contributed by atoms with Crippen LogP contribution in [0.3, 0.4) is 0 Å². The van der Waals surface area contributed by atoms with Gasteiger partial charge >= 0.3 is 0 Å². The van der Waals surface area contributed by atoms with Crippen molar-refractivity contribution in [3.05, 3.63) is 100.0 Å². The molecule has 0 bridgehead atoms. The van der Waals surface area contributed by atoms with Gasteiger partial charge < -0.3 is 14.2 Å². The molecule has 5 aromatic rings. The van der Waals surface area contributed by atoms with E-state index in [0.717, 1.165) is 11.1 Å². The summed E-state index contributed by atoms with van der Waals surface area (Å²) >= 11 is 17.6. The highest BCUT2D eigenvalue weighted by atomic mass is 35.5. The molecule has 1 amide bonds. The fraction of sp³-hybridized carbons (Fsp3) is 0.0357. The molecule has 0 atom stereocenters. The molecule has 2 heterocycles. The smallest absolute Gasteiger partial charge is 0.250 e. The molecule has 6 nitrogen and oxygen atoms in total. The van der Waals surface area contributed by atoms with Crippen LogP contribution in [0.15, 0.2) is 81.6 Å². The molecule has 190 valence electrons. The molecule has 0 aliphatic carbocycles. The molecule has 2 N–H and O–H groups in total. The van der Waals surface area contributed by atoms with E-state index in [1.807, 2.05) is 25.1 Å². The zero-order valence-corrected chi connectivity index (χ0v) is 22.0. The second-order valence-electron chi connectivity index (χ2n) is 8.27. The SMILES string of the molecule is Cc1ccc(-c2ccc(/C=C/C(=O)NC(=S)Nc3ccc4oc(-c5ccc(F)cc5Cl)nc4c3)o2)cc1Cl. The number of amides is 1. The largest absolute Gasteiger partial charge is 0.457 e. The van der Waals surface area contributed by atoms with Crippen LogP contribution in [0.4, 0.5) is 10.1 Å². The quantitative estimate of drug-likeness (QED) is 0.166. The molecule has 0 spiro atoms. The van der Waals surface area contributed by atoms with Gasteiger partial charge in [0.1, 0.15) is 22.9 Å². The first-order chi connectivity index (χ1) is 18.2. The van der Waals surface area contributed by atoms with Gasteiger partial charge in [0.2, 0.25) is 11.8 Å². The van der Waals surface area contributed by atoms with Crippen LogP contribution in [0.5, 0.6) is 0 Å². The molecule has 38 heavy (non-hydrogen) atoms. The molecule has 2 aromatic heterocycles. The van der Waals surface area contributed by atoms with Crippen LogP contribution in [0.25, 0.3) is 40.0 Å². The Hall–Kier alpha value is -3.98. The van der Waals surface area contributed by atoms with Crippen LogP contribution < -0.4 is 10.6 Å². The van der Waals surface area contributed by atoms with Crippen molar-refractivity contribution in [2.24, 2.45) is 0 Å². The number of anilines is 1. The number of benzene rings is 3. The van der Waals surface area contributed by atoms with Crippen molar-refractivity contribution in [2.75, 3.05) is 5.32 Å². The van der Waals surface area contributed by atoms with E-state index in [0.29, 0.717) is 38.9 Å². The number of rotatable bonds is 5. The number of hydrogen-bond acceptors (Lipinski definition) is 5. The highest BCUT2D eigenvalue weighted by Crippen LogP contribution is 2.31. The van der Waals surface area contributed by atoms with E-state index in [9.17, 15) is 9.18 Å². The van der Waals surface area contributed by atoms with Gasteiger partial charge in [0.05, 0.1) is 10.6 Å². The van der Waals surface area contributed by atoms with Gasteiger partial charge in [0, 0.05) is 22.3 Å². The average Bonchev–Trinajstić information content (AvgIpc) is 3.51. The fourth-order valence-electron chi connectivity index (χ4n) is 3.60. The number of carbonyl (C=O) groups is 1. The normalized spacial score (nSPS) is 11.3. The van der Waals surface area contributed by atoms with E-state index in [2.05, 4.69) is 15.6 Å². The molecule has 0 radical (unpaired) electrons. The summed E-state index contributed by atoms with van der Waals surface area (Å²) in [6, 6.07) is 18.3. The molecule has 0 saturated heterocycles. The molecule has 0 fully saturated rings. The van der Waals surface area contributed by atoms with Gasteiger partial charge in [-0.05, 0) is 85.4 Å². The van der Waals surface area contributed by atoms with Crippen molar-refractivity contribution in [3.8, 4) is 22.8 Å². The van der Waals surface area contributed by atoms with E-state index in [1.54, 1.807) is 36.4 Å². The van der Waals surface area contributed by atoms with E-state index in [1.165, 1.54) is 24.3 Å². The van der Waals surface area contributed by atoms with Crippen molar-refractivity contribution in [3.63, 3.8) is 0 Å². The summed E-state index contributed by atoms with van der Waals surface area (Å²) in [7, 11) is 0. The van der Waals surface area contributed by atoms with E-state index in [-0.39, 0.29) is 16.0 Å². The summed E-state index contributed by atoms with van der Waals surface area (Å²) in [4.78, 5) is 16.8. The van der Waals surface area contributed by atoms with Gasteiger partial charge in [-0.3, -0.25) is 10.1 Å². The monoisotopic (exact) mass is 565 g/mol. The van der Waals surface area contributed by atoms with Crippen LogP contribution in [0.2, 0.25) is 10.0 Å². The summed E-state index contributed by atoms with van der Waals surface area (Å²) in [5, 5.41) is 6.46. The third kappa shape index (κ3) is 5.78. The predicted octanol–water partition coefficient (Wildman–Crippen LogP) is 8.04. The van der Waals surface area contributed by atoms with E-state index < -0.39 is 11.7 Å². The van der Waals surface area contributed by atoms with Crippen LogP contribution in [0, 0.1) is 12.7 Å². The summed E-state index contributed by atoms with van der Waals surface area (Å²) in [6.07, 6.45) is 2.86. The Labute approximate surface area is 232 Å². The molecule has 10 heteroatoms. The molecular formula is C28H18Cl2FN3O3S. The number of nitrogens with zero attached hydrogens (tertiary/aromatic N) is 1. The minimum Gasteiger partial charge on any atom is -0.457 e. The third-order valence-corrected chi connectivity index (χ3v) is 6.45. The first-order valence-electron chi connectivity index (χ1n) is 11.3. The number of nitrogens with one attached hydrogen (secondary N) is 2. The van der Waals surface area contributed by atoms with Crippen molar-refractivity contribution >= 4 is 69.3 Å². The van der Waals surface area contributed by atoms with Crippen LogP contribution in [-0.2, 0) is 4.79 Å². The first-order valence-corrected chi connectivity index (χ1v) is 12.4. The maximum atomic E-state index is 13.4. The molecular weight excluding hydrogens is 548 g/mol. The minimum atomic E-state index is -0.451. The Balaban J connectivity index is 1.21. The molecule has 5 rings (SSSR count). The summed E-state index contributed by atoms with van der Waals surface area (Å²) in [5.74, 6) is 0.508. The van der Waals surface area contributed by atoms with Crippen molar-refractivity contribution in [2.45, 2.75) is 6.92 Å². The van der Waals surface area contributed by atoms with Gasteiger partial charge in [-0.1, -0.05) is 35.3 Å². The summed E-state index contributed by atoms with van der Waals surface area (Å²) in [6.45, 7) is 1.93. The lowest BCUT2D eigenvalue weighted by molar-refractivity contribution is -0.115. The lowest BCUT2D eigenvalue weighted by atomic mass is 10.1. The van der Waals surface area contributed by atoms with Crippen LogP contribution in [0.1, 0.15) is 11.3 Å². The number of aryl methyl sites for hydroxylation is 1. The average molecular weight is 566 g/mol. The van der Waals surface area contributed by atoms with Crippen LogP contribution >= 0.6 is 35.4 Å². The number of carbonyl (C=O) groups excluding carboxylic acids is 1. The maximum absolute atomic E-state index is 13.4. The maximum Gasteiger partial charge on any atom is 0.250 e. The standard InChI is InChI=1S/C28H18Cl2FN3O3S/c1-15-2-3-16(12-21(15)29)24-10-6-19(36-24)7-11-26(35)34-28(38)32-18-5-9-25-23(14-18)33-27(37-25)20-8-4-17(31)13-22(20)30/h2-14H,1H3,(H2,32,34,35,38)/b11-7+. The molecule has 0 saturated carbocycles. The highest BCUT2D eigenvalue weighted by Gasteiger charge is 2.13. The lowest BCUT2D eigenvalue weighted by Crippen LogP contribution is -2.32. The predicted molar refractivity (Wildman–Crippen MR) is 152 cm³/mol. The van der Waals surface area contributed by atoms with Crippen molar-refractivity contribution < 1.29 is 18.0 Å². The molecule has 3 aromatic carbocycles. The zero-order chi connectivity index (χ0) is 26.8. The summed E-state index contributed by atoms with van der Waals surface area (Å²) < 4.78 is 24.9. The van der Waals surface area contributed by atoms with Gasteiger partial charge in [-0.25, -0.2) is 9.37 Å². The van der Waals surface area contributed by atoms with E-state index >= 15 is 0 Å². The Morgan fingerprint density at radius 3 is 2.63 bits per heavy atom. The number of halogens is 3. The second kappa shape index (κ2) is 10.8. The van der Waals surface area contributed by atoms with E-state index in [4.69, 9.17) is 44.3 Å². The van der Waals surface area contributed by atoms with Gasteiger partial charge in [-0.15, -0.1) is 0 Å². The van der Waals surface area contributed by atoms with Gasteiger partial charge in [0.25, 0.3) is 0 Å². The number of thiocarbonyl (C=S) groups is 1. The molecule has 0 aliphatic heterocycles. The number of aromatic nitrogens is 1. The fourth-order valence-corrected chi connectivity index (χ4v) is 4.25. The zero-order valence-electron chi connectivity index (χ0n) is 19.7. The van der Waals surface area contributed by atoms with Crippen molar-refractivity contribution in [1.29, 1.82) is 0 Å². The first kappa shape index (κ1) is 25.7. The second-order valence-corrected chi connectivity index (χ2v) is 9.49. The third-order valence-electron chi connectivity index (χ3n) is 5.53. The minimum absolute atomic E-state index is 0.0960. The topological polar surface area (TPSA) is 80.3 Å². The number of oxazole rings is 1. The summed E-state index contributed by atoms with van der Waals surface area (Å²) in [5.41, 5.74) is 3.91. The Morgan fingerprint density at radius 2 is 1.84 bits per heavy atom. The number of furan rings is 1. The Morgan fingerprint density at radius 1 is 1.00 bits per heavy atom. The molecule has 0 unspecified atom stereocenters.